The molecule has 0 radical (unpaired) electrons. The lowest BCUT2D eigenvalue weighted by molar-refractivity contribution is 0.344. The molecule has 0 bridgehead atoms. The molecule has 1 aromatic carbocycles. The number of hydrogen-bond acceptors (Lipinski definition) is 2. The molecule has 0 aromatic heterocycles. The maximum atomic E-state index is 9.10. The number of hydrogen-bond donors (Lipinski definition) is 1. The van der Waals surface area contributed by atoms with Gasteiger partial charge in [-0.2, -0.15) is 5.26 Å². The Morgan fingerprint density at radius 3 is 2.27 bits per heavy atom. The van der Waals surface area contributed by atoms with Crippen LogP contribution in [-0.4, -0.2) is 7.05 Å². The number of nitriles is 1. The Kier molecular flexibility index (Phi) is 3.73. The lowest BCUT2D eigenvalue weighted by atomic mass is 9.82. The van der Waals surface area contributed by atoms with Gasteiger partial charge in [0, 0.05) is 5.02 Å². The van der Waals surface area contributed by atoms with E-state index in [-0.39, 0.29) is 6.04 Å². The summed E-state index contributed by atoms with van der Waals surface area (Å²) >= 11 is 5.82. The molecule has 15 heavy (non-hydrogen) atoms. The van der Waals surface area contributed by atoms with Crippen LogP contribution in [0.15, 0.2) is 24.3 Å². The highest BCUT2D eigenvalue weighted by molar-refractivity contribution is 6.30. The standard InChI is InChI=1S/C12H15ClN2/c1-12(2,8-14)11(15-3)9-4-6-10(13)7-5-9/h4-7,11,15H,1-3H3. The summed E-state index contributed by atoms with van der Waals surface area (Å²) in [7, 11) is 1.86. The van der Waals surface area contributed by atoms with E-state index in [9.17, 15) is 0 Å². The summed E-state index contributed by atoms with van der Waals surface area (Å²) in [5.41, 5.74) is 0.635. The van der Waals surface area contributed by atoms with Crippen LogP contribution in [0.25, 0.3) is 0 Å². The van der Waals surface area contributed by atoms with Gasteiger partial charge in [0.1, 0.15) is 0 Å². The molecule has 0 heterocycles. The minimum atomic E-state index is -0.442. The highest BCUT2D eigenvalue weighted by atomic mass is 35.5. The third-order valence-electron chi connectivity index (χ3n) is 2.50. The van der Waals surface area contributed by atoms with E-state index in [2.05, 4.69) is 11.4 Å². The van der Waals surface area contributed by atoms with Crippen LogP contribution in [0.5, 0.6) is 0 Å². The van der Waals surface area contributed by atoms with E-state index in [0.29, 0.717) is 5.02 Å². The quantitative estimate of drug-likeness (QED) is 0.853. The molecule has 1 N–H and O–H groups in total. The van der Waals surface area contributed by atoms with Crippen LogP contribution >= 0.6 is 11.6 Å². The summed E-state index contributed by atoms with van der Waals surface area (Å²) in [6.45, 7) is 3.84. The van der Waals surface area contributed by atoms with Gasteiger partial charge in [-0.1, -0.05) is 23.7 Å². The summed E-state index contributed by atoms with van der Waals surface area (Å²) in [6.07, 6.45) is 0. The molecule has 80 valence electrons. The maximum absolute atomic E-state index is 9.10. The van der Waals surface area contributed by atoms with Crippen molar-refractivity contribution in [1.29, 1.82) is 5.26 Å². The Bertz CT molecular complexity index is 362. The predicted octanol–water partition coefficient (Wildman–Crippen LogP) is 3.15. The van der Waals surface area contributed by atoms with E-state index >= 15 is 0 Å². The van der Waals surface area contributed by atoms with Gasteiger partial charge in [-0.15, -0.1) is 0 Å². The highest BCUT2D eigenvalue weighted by Gasteiger charge is 2.29. The van der Waals surface area contributed by atoms with Crippen molar-refractivity contribution in [1.82, 2.24) is 5.32 Å². The molecule has 0 saturated carbocycles. The molecule has 1 aromatic rings. The molecule has 1 unspecified atom stereocenters. The number of nitrogens with one attached hydrogen (secondary N) is 1. The number of benzene rings is 1. The Balaban J connectivity index is 3.04. The van der Waals surface area contributed by atoms with Gasteiger partial charge < -0.3 is 5.32 Å². The number of nitrogens with zero attached hydrogens (tertiary/aromatic N) is 1. The van der Waals surface area contributed by atoms with Crippen molar-refractivity contribution in [2.24, 2.45) is 5.41 Å². The summed E-state index contributed by atoms with van der Waals surface area (Å²) in [6, 6.07) is 9.90. The van der Waals surface area contributed by atoms with Crippen molar-refractivity contribution in [3.05, 3.63) is 34.9 Å². The molecular formula is C12H15ClN2. The van der Waals surface area contributed by atoms with Gasteiger partial charge >= 0.3 is 0 Å². The zero-order chi connectivity index (χ0) is 11.5. The monoisotopic (exact) mass is 222 g/mol. The van der Waals surface area contributed by atoms with E-state index in [4.69, 9.17) is 16.9 Å². The molecule has 1 atom stereocenters. The average Bonchev–Trinajstić information content (AvgIpc) is 2.22. The fraction of sp³-hybridized carbons (Fsp3) is 0.417. The predicted molar refractivity (Wildman–Crippen MR) is 62.6 cm³/mol. The van der Waals surface area contributed by atoms with E-state index in [1.165, 1.54) is 0 Å². The maximum Gasteiger partial charge on any atom is 0.0712 e. The molecule has 0 amide bonds. The van der Waals surface area contributed by atoms with Gasteiger partial charge in [-0.05, 0) is 38.6 Å². The summed E-state index contributed by atoms with van der Waals surface area (Å²) in [5.74, 6) is 0. The van der Waals surface area contributed by atoms with Crippen molar-refractivity contribution in [2.75, 3.05) is 7.05 Å². The third-order valence-corrected chi connectivity index (χ3v) is 2.75. The van der Waals surface area contributed by atoms with Crippen molar-refractivity contribution in [3.8, 4) is 6.07 Å². The number of rotatable bonds is 3. The zero-order valence-electron chi connectivity index (χ0n) is 9.21. The van der Waals surface area contributed by atoms with Crippen LogP contribution in [0.3, 0.4) is 0 Å². The zero-order valence-corrected chi connectivity index (χ0v) is 9.97. The molecule has 0 spiro atoms. The van der Waals surface area contributed by atoms with Crippen molar-refractivity contribution in [3.63, 3.8) is 0 Å². The first-order valence-electron chi connectivity index (χ1n) is 4.85. The van der Waals surface area contributed by atoms with E-state index < -0.39 is 5.41 Å². The number of halogens is 1. The molecule has 1 rings (SSSR count). The second kappa shape index (κ2) is 4.65. The fourth-order valence-electron chi connectivity index (χ4n) is 1.66. The van der Waals surface area contributed by atoms with Crippen molar-refractivity contribution in [2.45, 2.75) is 19.9 Å². The average molecular weight is 223 g/mol. The topological polar surface area (TPSA) is 35.8 Å². The largest absolute Gasteiger partial charge is 0.312 e. The molecule has 0 fully saturated rings. The van der Waals surface area contributed by atoms with Gasteiger partial charge in [-0.25, -0.2) is 0 Å². The van der Waals surface area contributed by atoms with E-state index in [0.717, 1.165) is 5.56 Å². The van der Waals surface area contributed by atoms with Crippen LogP contribution in [0.2, 0.25) is 5.02 Å². The SMILES string of the molecule is CNC(c1ccc(Cl)cc1)C(C)(C)C#N. The van der Waals surface area contributed by atoms with Crippen LogP contribution in [-0.2, 0) is 0 Å². The molecular weight excluding hydrogens is 208 g/mol. The van der Waals surface area contributed by atoms with E-state index in [1.807, 2.05) is 45.2 Å². The molecule has 0 aliphatic heterocycles. The van der Waals surface area contributed by atoms with Crippen molar-refractivity contribution < 1.29 is 0 Å². The van der Waals surface area contributed by atoms with Gasteiger partial charge in [0.25, 0.3) is 0 Å². The minimum Gasteiger partial charge on any atom is -0.312 e. The molecule has 3 heteroatoms. The molecule has 0 aliphatic rings. The molecule has 0 aliphatic carbocycles. The van der Waals surface area contributed by atoms with Crippen molar-refractivity contribution >= 4 is 11.6 Å². The molecule has 0 saturated heterocycles. The molecule has 2 nitrogen and oxygen atoms in total. The van der Waals surface area contributed by atoms with E-state index in [1.54, 1.807) is 0 Å². The first-order chi connectivity index (χ1) is 7.01. The minimum absolute atomic E-state index is 0.0137. The normalized spacial score (nSPS) is 13.3. The van der Waals surface area contributed by atoms with Gasteiger partial charge in [0.15, 0.2) is 0 Å². The second-order valence-corrected chi connectivity index (χ2v) is 4.54. The summed E-state index contributed by atoms with van der Waals surface area (Å²) in [4.78, 5) is 0. The Morgan fingerprint density at radius 1 is 1.33 bits per heavy atom. The van der Waals surface area contributed by atoms with Gasteiger partial charge in [0.2, 0.25) is 0 Å². The summed E-state index contributed by atoms with van der Waals surface area (Å²) in [5, 5.41) is 13.0. The van der Waals surface area contributed by atoms with Crippen LogP contribution < -0.4 is 5.32 Å². The lowest BCUT2D eigenvalue weighted by Crippen LogP contribution is -2.30. The first-order valence-corrected chi connectivity index (χ1v) is 5.23. The van der Waals surface area contributed by atoms with Crippen LogP contribution in [0, 0.1) is 16.7 Å². The van der Waals surface area contributed by atoms with Gasteiger partial charge in [0.05, 0.1) is 17.5 Å². The highest BCUT2D eigenvalue weighted by Crippen LogP contribution is 2.32. The Labute approximate surface area is 95.9 Å². The van der Waals surface area contributed by atoms with Crippen LogP contribution in [0.4, 0.5) is 0 Å². The van der Waals surface area contributed by atoms with Crippen LogP contribution in [0.1, 0.15) is 25.5 Å². The Hall–Kier alpha value is -1.04. The Morgan fingerprint density at radius 2 is 1.87 bits per heavy atom. The fourth-order valence-corrected chi connectivity index (χ4v) is 1.79. The lowest BCUT2D eigenvalue weighted by Gasteiger charge is -2.28. The smallest absolute Gasteiger partial charge is 0.0712 e. The van der Waals surface area contributed by atoms with Gasteiger partial charge in [-0.3, -0.25) is 0 Å². The summed E-state index contributed by atoms with van der Waals surface area (Å²) < 4.78 is 0. The second-order valence-electron chi connectivity index (χ2n) is 4.11. The third kappa shape index (κ3) is 2.71. The first kappa shape index (κ1) is 12.0.